The molecule has 7 nitrogen and oxygen atoms in total. The summed E-state index contributed by atoms with van der Waals surface area (Å²) in [6, 6.07) is 6.16. The van der Waals surface area contributed by atoms with Gasteiger partial charge in [-0.2, -0.15) is 22.5 Å². The maximum absolute atomic E-state index is 12.5. The van der Waals surface area contributed by atoms with Crippen LogP contribution in [0.3, 0.4) is 0 Å². The third kappa shape index (κ3) is 4.24. The van der Waals surface area contributed by atoms with Crippen molar-refractivity contribution in [2.75, 3.05) is 13.1 Å². The molecule has 0 N–H and O–H groups in total. The molecule has 0 aliphatic carbocycles. The summed E-state index contributed by atoms with van der Waals surface area (Å²) in [6.07, 6.45) is -4.42. The van der Waals surface area contributed by atoms with Crippen LogP contribution in [0.25, 0.3) is 11.4 Å². The lowest BCUT2D eigenvalue weighted by atomic mass is 10.2. The zero-order chi connectivity index (χ0) is 19.8. The SMILES string of the molecule is CC(C)S(=O)(=O)N1CC[C@@H](Oc2ccc(-c3noc(C(F)(F)F)n3)cc2)C1. The number of halogens is 3. The molecule has 0 bridgehead atoms. The van der Waals surface area contributed by atoms with Crippen LogP contribution in [0.4, 0.5) is 13.2 Å². The quantitative estimate of drug-likeness (QED) is 0.760. The van der Waals surface area contributed by atoms with Gasteiger partial charge in [-0.3, -0.25) is 0 Å². The predicted molar refractivity (Wildman–Crippen MR) is 89.4 cm³/mol. The van der Waals surface area contributed by atoms with E-state index >= 15 is 0 Å². The molecule has 1 atom stereocenters. The molecule has 0 radical (unpaired) electrons. The summed E-state index contributed by atoms with van der Waals surface area (Å²) >= 11 is 0. The van der Waals surface area contributed by atoms with E-state index in [2.05, 4.69) is 14.7 Å². The molecule has 1 aromatic heterocycles. The van der Waals surface area contributed by atoms with Gasteiger partial charge in [0.1, 0.15) is 11.9 Å². The van der Waals surface area contributed by atoms with Crippen molar-refractivity contribution in [2.24, 2.45) is 0 Å². The normalized spacial score (nSPS) is 19.0. The number of rotatable bonds is 5. The lowest BCUT2D eigenvalue weighted by molar-refractivity contribution is -0.159. The second-order valence-corrected chi connectivity index (χ2v) is 8.91. The number of benzene rings is 1. The van der Waals surface area contributed by atoms with Gasteiger partial charge in [0, 0.05) is 12.1 Å². The first-order valence-corrected chi connectivity index (χ1v) is 9.74. The topological polar surface area (TPSA) is 85.5 Å². The third-order valence-corrected chi connectivity index (χ3v) is 6.39. The lowest BCUT2D eigenvalue weighted by Gasteiger charge is -2.19. The van der Waals surface area contributed by atoms with Gasteiger partial charge in [-0.25, -0.2) is 8.42 Å². The molecule has 27 heavy (non-hydrogen) atoms. The first-order valence-electron chi connectivity index (χ1n) is 8.24. The number of aromatic nitrogens is 2. The van der Waals surface area contributed by atoms with Crippen molar-refractivity contribution >= 4 is 10.0 Å². The second kappa shape index (κ2) is 7.12. The summed E-state index contributed by atoms with van der Waals surface area (Å²) < 4.78 is 73.3. The number of ether oxygens (including phenoxy) is 1. The van der Waals surface area contributed by atoms with E-state index in [-0.39, 0.29) is 18.5 Å². The standard InChI is InChI=1S/C16H18F3N3O4S/c1-10(2)27(23,24)22-8-7-13(9-22)25-12-5-3-11(4-6-12)14-20-15(26-21-14)16(17,18)19/h3-6,10,13H,7-9H2,1-2H3/t13-/m1/s1. The highest BCUT2D eigenvalue weighted by molar-refractivity contribution is 7.89. The Labute approximate surface area is 154 Å². The van der Waals surface area contributed by atoms with Gasteiger partial charge in [0.05, 0.1) is 11.8 Å². The molecule has 1 aliphatic heterocycles. The second-order valence-electron chi connectivity index (χ2n) is 6.43. The molecule has 0 unspecified atom stereocenters. The summed E-state index contributed by atoms with van der Waals surface area (Å²) in [5.74, 6) is -1.11. The van der Waals surface area contributed by atoms with Crippen LogP contribution in [-0.4, -0.2) is 47.3 Å². The molecule has 2 aromatic rings. The van der Waals surface area contributed by atoms with Gasteiger partial charge in [-0.05, 0) is 44.5 Å². The van der Waals surface area contributed by atoms with E-state index in [9.17, 15) is 21.6 Å². The van der Waals surface area contributed by atoms with E-state index in [0.29, 0.717) is 24.3 Å². The van der Waals surface area contributed by atoms with E-state index in [1.54, 1.807) is 26.0 Å². The molecule has 2 heterocycles. The fourth-order valence-electron chi connectivity index (χ4n) is 2.65. The maximum Gasteiger partial charge on any atom is 0.471 e. The third-order valence-electron chi connectivity index (χ3n) is 4.15. The van der Waals surface area contributed by atoms with Gasteiger partial charge in [-0.15, -0.1) is 0 Å². The average Bonchev–Trinajstić information content (AvgIpc) is 3.24. The van der Waals surface area contributed by atoms with E-state index in [0.717, 1.165) is 0 Å². The van der Waals surface area contributed by atoms with Crippen molar-refractivity contribution in [1.82, 2.24) is 14.4 Å². The Bertz CT molecular complexity index is 894. The van der Waals surface area contributed by atoms with Crippen LogP contribution >= 0.6 is 0 Å². The lowest BCUT2D eigenvalue weighted by Crippen LogP contribution is -2.35. The fraction of sp³-hybridized carbons (Fsp3) is 0.500. The minimum absolute atomic E-state index is 0.177. The van der Waals surface area contributed by atoms with Gasteiger partial charge in [-0.1, -0.05) is 5.16 Å². The number of alkyl halides is 3. The predicted octanol–water partition coefficient (Wildman–Crippen LogP) is 2.95. The molecule has 0 saturated carbocycles. The molecule has 3 rings (SSSR count). The summed E-state index contributed by atoms with van der Waals surface area (Å²) in [6.45, 7) is 3.92. The smallest absolute Gasteiger partial charge is 0.471 e. The van der Waals surface area contributed by atoms with Crippen molar-refractivity contribution in [3.63, 3.8) is 0 Å². The van der Waals surface area contributed by atoms with E-state index in [1.807, 2.05) is 0 Å². The molecule has 11 heteroatoms. The summed E-state index contributed by atoms with van der Waals surface area (Å²) in [5, 5.41) is 2.83. The molecule has 1 fully saturated rings. The fourth-order valence-corrected chi connectivity index (χ4v) is 3.98. The molecule has 1 aliphatic rings. The molecule has 1 saturated heterocycles. The molecule has 148 valence electrons. The van der Waals surface area contributed by atoms with E-state index < -0.39 is 27.3 Å². The number of hydrogen-bond acceptors (Lipinski definition) is 6. The van der Waals surface area contributed by atoms with Crippen LogP contribution in [0.2, 0.25) is 0 Å². The van der Waals surface area contributed by atoms with Crippen molar-refractivity contribution in [1.29, 1.82) is 0 Å². The van der Waals surface area contributed by atoms with Crippen molar-refractivity contribution in [2.45, 2.75) is 37.8 Å². The molecule has 1 aromatic carbocycles. The van der Waals surface area contributed by atoms with Gasteiger partial charge in [0.25, 0.3) is 0 Å². The van der Waals surface area contributed by atoms with Crippen LogP contribution in [0, 0.1) is 0 Å². The highest BCUT2D eigenvalue weighted by Gasteiger charge is 2.38. The molecule has 0 amide bonds. The first-order chi connectivity index (χ1) is 12.6. The van der Waals surface area contributed by atoms with Crippen LogP contribution in [0.15, 0.2) is 28.8 Å². The minimum atomic E-state index is -4.70. The van der Waals surface area contributed by atoms with Crippen LogP contribution in [-0.2, 0) is 16.2 Å². The van der Waals surface area contributed by atoms with E-state index in [4.69, 9.17) is 4.74 Å². The van der Waals surface area contributed by atoms with E-state index in [1.165, 1.54) is 16.4 Å². The van der Waals surface area contributed by atoms with Crippen LogP contribution in [0.5, 0.6) is 5.75 Å². The van der Waals surface area contributed by atoms with Gasteiger partial charge in [0.2, 0.25) is 15.8 Å². The van der Waals surface area contributed by atoms with Crippen molar-refractivity contribution < 1.29 is 30.8 Å². The zero-order valence-electron chi connectivity index (χ0n) is 14.6. The average molecular weight is 405 g/mol. The van der Waals surface area contributed by atoms with Crippen LogP contribution in [0.1, 0.15) is 26.2 Å². The Kier molecular flexibility index (Phi) is 5.17. The van der Waals surface area contributed by atoms with Crippen molar-refractivity contribution in [3.8, 4) is 17.1 Å². The number of sulfonamides is 1. The van der Waals surface area contributed by atoms with Gasteiger partial charge >= 0.3 is 12.1 Å². The number of hydrogen-bond donors (Lipinski definition) is 0. The maximum atomic E-state index is 12.5. The Morgan fingerprint density at radius 1 is 1.26 bits per heavy atom. The molecular formula is C16H18F3N3O4S. The Morgan fingerprint density at radius 3 is 2.48 bits per heavy atom. The monoisotopic (exact) mass is 405 g/mol. The molecule has 0 spiro atoms. The highest BCUT2D eigenvalue weighted by Crippen LogP contribution is 2.30. The first kappa shape index (κ1) is 19.6. The zero-order valence-corrected chi connectivity index (χ0v) is 15.4. The Balaban J connectivity index is 1.64. The Hall–Kier alpha value is -2.14. The summed E-state index contributed by atoms with van der Waals surface area (Å²) in [5.41, 5.74) is 0.344. The molecular weight excluding hydrogens is 387 g/mol. The highest BCUT2D eigenvalue weighted by atomic mass is 32.2. The minimum Gasteiger partial charge on any atom is -0.489 e. The Morgan fingerprint density at radius 2 is 1.93 bits per heavy atom. The number of nitrogens with zero attached hydrogens (tertiary/aromatic N) is 3. The van der Waals surface area contributed by atoms with Gasteiger partial charge < -0.3 is 9.26 Å². The summed E-state index contributed by atoms with van der Waals surface area (Å²) in [7, 11) is -3.32. The largest absolute Gasteiger partial charge is 0.489 e. The summed E-state index contributed by atoms with van der Waals surface area (Å²) in [4.78, 5) is 3.32. The van der Waals surface area contributed by atoms with Crippen molar-refractivity contribution in [3.05, 3.63) is 30.2 Å². The van der Waals surface area contributed by atoms with Crippen LogP contribution < -0.4 is 4.74 Å². The van der Waals surface area contributed by atoms with Gasteiger partial charge in [0.15, 0.2) is 0 Å².